The molecule has 1 rings (SSSR count). The van der Waals surface area contributed by atoms with Crippen molar-refractivity contribution in [2.45, 2.75) is 40.2 Å². The number of aliphatic hydroxyl groups excluding tert-OH is 1. The van der Waals surface area contributed by atoms with E-state index in [9.17, 15) is 0 Å². The number of aromatic nitrogens is 2. The van der Waals surface area contributed by atoms with Crippen LogP contribution in [0.3, 0.4) is 0 Å². The number of aliphatic hydroxyl groups is 1. The van der Waals surface area contributed by atoms with Crippen molar-refractivity contribution in [2.75, 3.05) is 0 Å². The molecule has 1 N–H and O–H groups in total. The number of aryl methyl sites for hydroxylation is 2. The van der Waals surface area contributed by atoms with Gasteiger partial charge in [-0.1, -0.05) is 13.8 Å². The Balaban J connectivity index is 2.69. The van der Waals surface area contributed by atoms with E-state index in [2.05, 4.69) is 23.8 Å². The predicted octanol–water partition coefficient (Wildman–Crippen LogP) is 1.87. The van der Waals surface area contributed by atoms with Gasteiger partial charge < -0.3 is 5.11 Å². The van der Waals surface area contributed by atoms with Gasteiger partial charge in [0.05, 0.1) is 23.7 Å². The first-order valence-electron chi connectivity index (χ1n) is 5.05. The number of nitrogens with zero attached hydrogens (tertiary/aromatic N) is 2. The Hall–Kier alpha value is -0.960. The summed E-state index contributed by atoms with van der Waals surface area (Å²) in [5.74, 6) is 0.677. The fourth-order valence-electron chi connectivity index (χ4n) is 1.24. The molecule has 0 aliphatic heterocycles. The highest BCUT2D eigenvalue weighted by Crippen LogP contribution is 2.08. The predicted molar refractivity (Wildman–Crippen MR) is 55.9 cm³/mol. The lowest BCUT2D eigenvalue weighted by Gasteiger charge is -2.06. The summed E-state index contributed by atoms with van der Waals surface area (Å²) >= 11 is 0. The molecule has 0 unspecified atom stereocenters. The second-order valence-electron chi connectivity index (χ2n) is 3.98. The lowest BCUT2D eigenvalue weighted by Crippen LogP contribution is -2.02. The topological polar surface area (TPSA) is 46.0 Å². The van der Waals surface area contributed by atoms with Gasteiger partial charge >= 0.3 is 0 Å². The SMILES string of the molecule is Cc1ncc(CCC(C)C)nc1CO. The molecule has 1 aromatic heterocycles. The lowest BCUT2D eigenvalue weighted by atomic mass is 10.1. The Kier molecular flexibility index (Phi) is 4.01. The third-order valence-electron chi connectivity index (χ3n) is 2.23. The molecule has 0 bridgehead atoms. The van der Waals surface area contributed by atoms with Gasteiger partial charge in [0.1, 0.15) is 0 Å². The Bertz CT molecular complexity index is 297. The smallest absolute Gasteiger partial charge is 0.0873 e. The molecule has 1 aromatic rings. The van der Waals surface area contributed by atoms with Gasteiger partial charge in [0.25, 0.3) is 0 Å². The minimum absolute atomic E-state index is 0.0195. The van der Waals surface area contributed by atoms with E-state index in [-0.39, 0.29) is 6.61 Å². The van der Waals surface area contributed by atoms with E-state index in [4.69, 9.17) is 5.11 Å². The van der Waals surface area contributed by atoms with E-state index < -0.39 is 0 Å². The van der Waals surface area contributed by atoms with E-state index in [1.807, 2.05) is 6.92 Å². The maximum atomic E-state index is 9.02. The lowest BCUT2D eigenvalue weighted by molar-refractivity contribution is 0.274. The Morgan fingerprint density at radius 1 is 1.43 bits per heavy atom. The first kappa shape index (κ1) is 11.1. The van der Waals surface area contributed by atoms with Gasteiger partial charge in [-0.25, -0.2) is 0 Å². The van der Waals surface area contributed by atoms with Gasteiger partial charge in [-0.2, -0.15) is 0 Å². The quantitative estimate of drug-likeness (QED) is 0.795. The summed E-state index contributed by atoms with van der Waals surface area (Å²) in [6, 6.07) is 0. The molecule has 0 saturated carbocycles. The largest absolute Gasteiger partial charge is 0.390 e. The number of hydrogen-bond acceptors (Lipinski definition) is 3. The minimum atomic E-state index is -0.0195. The molecule has 0 aromatic carbocycles. The van der Waals surface area contributed by atoms with Gasteiger partial charge in [0.2, 0.25) is 0 Å². The van der Waals surface area contributed by atoms with E-state index in [0.29, 0.717) is 11.6 Å². The van der Waals surface area contributed by atoms with Gasteiger partial charge in [-0.3, -0.25) is 9.97 Å². The van der Waals surface area contributed by atoms with E-state index in [1.54, 1.807) is 6.20 Å². The van der Waals surface area contributed by atoms with Crippen LogP contribution in [0.5, 0.6) is 0 Å². The van der Waals surface area contributed by atoms with E-state index >= 15 is 0 Å². The zero-order chi connectivity index (χ0) is 10.6. The zero-order valence-corrected chi connectivity index (χ0v) is 9.12. The molecule has 3 nitrogen and oxygen atoms in total. The molecule has 0 atom stereocenters. The first-order chi connectivity index (χ1) is 6.63. The van der Waals surface area contributed by atoms with Crippen LogP contribution in [0.2, 0.25) is 0 Å². The molecule has 0 saturated heterocycles. The fraction of sp³-hybridized carbons (Fsp3) is 0.636. The van der Waals surface area contributed by atoms with Crippen molar-refractivity contribution in [1.29, 1.82) is 0 Å². The highest BCUT2D eigenvalue weighted by Gasteiger charge is 2.03. The van der Waals surface area contributed by atoms with Crippen molar-refractivity contribution < 1.29 is 5.11 Å². The normalized spacial score (nSPS) is 10.9. The number of hydrogen-bond donors (Lipinski definition) is 1. The molecular weight excluding hydrogens is 176 g/mol. The van der Waals surface area contributed by atoms with Gasteiger partial charge in [0, 0.05) is 6.20 Å². The molecule has 1 heterocycles. The van der Waals surface area contributed by atoms with Gasteiger partial charge in [-0.05, 0) is 25.7 Å². The van der Waals surface area contributed by atoms with Crippen LogP contribution in [-0.4, -0.2) is 15.1 Å². The van der Waals surface area contributed by atoms with Crippen molar-refractivity contribution in [3.63, 3.8) is 0 Å². The highest BCUT2D eigenvalue weighted by atomic mass is 16.3. The average molecular weight is 194 g/mol. The van der Waals surface area contributed by atoms with E-state index in [1.165, 1.54) is 0 Å². The van der Waals surface area contributed by atoms with Crippen LogP contribution < -0.4 is 0 Å². The third kappa shape index (κ3) is 3.07. The fourth-order valence-corrected chi connectivity index (χ4v) is 1.24. The molecule has 0 fully saturated rings. The molecule has 14 heavy (non-hydrogen) atoms. The maximum Gasteiger partial charge on any atom is 0.0873 e. The molecule has 0 spiro atoms. The van der Waals surface area contributed by atoms with Crippen LogP contribution in [0.25, 0.3) is 0 Å². The average Bonchev–Trinajstić information content (AvgIpc) is 2.16. The number of rotatable bonds is 4. The second kappa shape index (κ2) is 5.05. The van der Waals surface area contributed by atoms with E-state index in [0.717, 1.165) is 24.2 Å². The molecular formula is C11H18N2O. The van der Waals surface area contributed by atoms with Crippen molar-refractivity contribution in [3.8, 4) is 0 Å². The molecule has 0 aliphatic carbocycles. The van der Waals surface area contributed by atoms with Crippen LogP contribution in [0.4, 0.5) is 0 Å². The first-order valence-corrected chi connectivity index (χ1v) is 5.05. The molecule has 3 heteroatoms. The standard InChI is InChI=1S/C11H18N2O/c1-8(2)4-5-10-6-12-9(3)11(7-14)13-10/h6,8,14H,4-5,7H2,1-3H3. The highest BCUT2D eigenvalue weighted by molar-refractivity contribution is 5.11. The summed E-state index contributed by atoms with van der Waals surface area (Å²) in [7, 11) is 0. The molecule has 0 amide bonds. The monoisotopic (exact) mass is 194 g/mol. The second-order valence-corrected chi connectivity index (χ2v) is 3.98. The summed E-state index contributed by atoms with van der Waals surface area (Å²) in [5.41, 5.74) is 2.50. The summed E-state index contributed by atoms with van der Waals surface area (Å²) in [6.07, 6.45) is 3.86. The maximum absolute atomic E-state index is 9.02. The minimum Gasteiger partial charge on any atom is -0.390 e. The van der Waals surface area contributed by atoms with Crippen LogP contribution >= 0.6 is 0 Å². The zero-order valence-electron chi connectivity index (χ0n) is 9.12. The van der Waals surface area contributed by atoms with Crippen LogP contribution in [-0.2, 0) is 13.0 Å². The summed E-state index contributed by atoms with van der Waals surface area (Å²) in [4.78, 5) is 8.56. The van der Waals surface area contributed by atoms with Crippen molar-refractivity contribution >= 4 is 0 Å². The summed E-state index contributed by atoms with van der Waals surface area (Å²) < 4.78 is 0. The summed E-state index contributed by atoms with van der Waals surface area (Å²) in [6.45, 7) is 6.22. The van der Waals surface area contributed by atoms with Crippen LogP contribution in [0, 0.1) is 12.8 Å². The van der Waals surface area contributed by atoms with Crippen LogP contribution in [0.15, 0.2) is 6.20 Å². The Morgan fingerprint density at radius 3 is 2.71 bits per heavy atom. The third-order valence-corrected chi connectivity index (χ3v) is 2.23. The van der Waals surface area contributed by atoms with Crippen molar-refractivity contribution in [3.05, 3.63) is 23.3 Å². The molecule has 78 valence electrons. The summed E-state index contributed by atoms with van der Waals surface area (Å²) in [5, 5.41) is 9.02. The van der Waals surface area contributed by atoms with Gasteiger partial charge in [0.15, 0.2) is 0 Å². The van der Waals surface area contributed by atoms with Gasteiger partial charge in [-0.15, -0.1) is 0 Å². The van der Waals surface area contributed by atoms with Crippen molar-refractivity contribution in [2.24, 2.45) is 5.92 Å². The Labute approximate surface area is 85.2 Å². The Morgan fingerprint density at radius 2 is 2.14 bits per heavy atom. The van der Waals surface area contributed by atoms with Crippen LogP contribution in [0.1, 0.15) is 37.4 Å². The molecule has 0 radical (unpaired) electrons. The molecule has 0 aliphatic rings. The van der Waals surface area contributed by atoms with Crippen molar-refractivity contribution in [1.82, 2.24) is 9.97 Å².